The van der Waals surface area contributed by atoms with Crippen LogP contribution in [0.5, 0.6) is 5.75 Å². The van der Waals surface area contributed by atoms with Gasteiger partial charge >= 0.3 is 0 Å². The zero-order valence-corrected chi connectivity index (χ0v) is 12.1. The summed E-state index contributed by atoms with van der Waals surface area (Å²) in [5.41, 5.74) is 0.757. The van der Waals surface area contributed by atoms with Gasteiger partial charge in [-0.25, -0.2) is 4.39 Å². The van der Waals surface area contributed by atoms with Gasteiger partial charge < -0.3 is 10.4 Å². The minimum absolute atomic E-state index is 0.0305. The van der Waals surface area contributed by atoms with E-state index < -0.39 is 5.82 Å². The van der Waals surface area contributed by atoms with Gasteiger partial charge in [-0.3, -0.25) is 0 Å². The summed E-state index contributed by atoms with van der Waals surface area (Å²) in [6.07, 6.45) is 7.62. The first-order chi connectivity index (χ1) is 9.15. The Labute approximate surface area is 116 Å². The highest BCUT2D eigenvalue weighted by Gasteiger charge is 2.09. The van der Waals surface area contributed by atoms with E-state index in [1.807, 2.05) is 6.92 Å². The van der Waals surface area contributed by atoms with Crippen molar-refractivity contribution in [3.05, 3.63) is 29.6 Å². The molecule has 1 unspecified atom stereocenters. The van der Waals surface area contributed by atoms with Gasteiger partial charge in [0.25, 0.3) is 0 Å². The van der Waals surface area contributed by atoms with Crippen molar-refractivity contribution < 1.29 is 9.50 Å². The fourth-order valence-electron chi connectivity index (χ4n) is 2.22. The second-order valence-corrected chi connectivity index (χ2v) is 5.15. The van der Waals surface area contributed by atoms with Crippen molar-refractivity contribution in [3.8, 4) is 5.75 Å². The topological polar surface area (TPSA) is 32.3 Å². The van der Waals surface area contributed by atoms with Crippen molar-refractivity contribution in [2.75, 3.05) is 6.54 Å². The monoisotopic (exact) mass is 267 g/mol. The van der Waals surface area contributed by atoms with Crippen LogP contribution < -0.4 is 5.32 Å². The molecule has 1 aromatic rings. The molecule has 1 aromatic carbocycles. The van der Waals surface area contributed by atoms with Crippen LogP contribution >= 0.6 is 0 Å². The minimum Gasteiger partial charge on any atom is -0.508 e. The summed E-state index contributed by atoms with van der Waals surface area (Å²) in [5, 5.41) is 13.0. The number of benzene rings is 1. The van der Waals surface area contributed by atoms with Crippen molar-refractivity contribution in [3.63, 3.8) is 0 Å². The Bertz CT molecular complexity index is 368. The predicted molar refractivity (Wildman–Crippen MR) is 77.9 cm³/mol. The smallest absolute Gasteiger partial charge is 0.126 e. The van der Waals surface area contributed by atoms with E-state index in [1.54, 1.807) is 6.07 Å². The van der Waals surface area contributed by atoms with Crippen LogP contribution in [0.2, 0.25) is 0 Å². The first-order valence-electron chi connectivity index (χ1n) is 7.37. The molecule has 0 saturated heterocycles. The molecule has 2 N–H and O–H groups in total. The summed E-state index contributed by atoms with van der Waals surface area (Å²) in [5.74, 6) is -0.368. The molecule has 1 atom stereocenters. The van der Waals surface area contributed by atoms with Crippen molar-refractivity contribution in [1.82, 2.24) is 5.32 Å². The van der Waals surface area contributed by atoms with Crippen molar-refractivity contribution in [2.45, 2.75) is 58.4 Å². The van der Waals surface area contributed by atoms with Crippen LogP contribution in [-0.4, -0.2) is 11.7 Å². The van der Waals surface area contributed by atoms with Gasteiger partial charge in [-0.1, -0.05) is 45.1 Å². The van der Waals surface area contributed by atoms with Crippen molar-refractivity contribution in [2.24, 2.45) is 0 Å². The largest absolute Gasteiger partial charge is 0.508 e. The van der Waals surface area contributed by atoms with E-state index in [2.05, 4.69) is 12.2 Å². The molecule has 0 aromatic heterocycles. The number of phenolic OH excluding ortho intramolecular Hbond substituents is 1. The Morgan fingerprint density at radius 2 is 1.84 bits per heavy atom. The SMILES string of the molecule is CCCCCCCCNC(C)c1ccc(F)cc1O. The zero-order valence-electron chi connectivity index (χ0n) is 12.1. The Morgan fingerprint density at radius 1 is 1.16 bits per heavy atom. The summed E-state index contributed by atoms with van der Waals surface area (Å²) >= 11 is 0. The Hall–Kier alpha value is -1.09. The van der Waals surface area contributed by atoms with E-state index in [0.29, 0.717) is 0 Å². The molecular weight excluding hydrogens is 241 g/mol. The van der Waals surface area contributed by atoms with E-state index >= 15 is 0 Å². The lowest BCUT2D eigenvalue weighted by atomic mass is 10.1. The van der Waals surface area contributed by atoms with Crippen LogP contribution in [0.1, 0.15) is 64.0 Å². The van der Waals surface area contributed by atoms with Gasteiger partial charge in [0.05, 0.1) is 0 Å². The third kappa shape index (κ3) is 6.06. The van der Waals surface area contributed by atoms with Crippen LogP contribution in [0, 0.1) is 5.82 Å². The van der Waals surface area contributed by atoms with Crippen LogP contribution in [0.25, 0.3) is 0 Å². The van der Waals surface area contributed by atoms with Gasteiger partial charge in [-0.05, 0) is 26.0 Å². The fourth-order valence-corrected chi connectivity index (χ4v) is 2.22. The summed E-state index contributed by atoms with van der Waals surface area (Å²) < 4.78 is 12.9. The molecule has 19 heavy (non-hydrogen) atoms. The molecule has 108 valence electrons. The predicted octanol–water partition coefficient (Wildman–Crippen LogP) is 4.54. The Balaban J connectivity index is 2.22. The Morgan fingerprint density at radius 3 is 2.53 bits per heavy atom. The first kappa shape index (κ1) is 16.0. The number of phenols is 1. The van der Waals surface area contributed by atoms with E-state index in [9.17, 15) is 9.50 Å². The average Bonchev–Trinajstić information content (AvgIpc) is 2.37. The average molecular weight is 267 g/mol. The minimum atomic E-state index is -0.399. The molecule has 0 fully saturated rings. The fraction of sp³-hybridized carbons (Fsp3) is 0.625. The van der Waals surface area contributed by atoms with Crippen LogP contribution in [0.15, 0.2) is 18.2 Å². The van der Waals surface area contributed by atoms with E-state index in [1.165, 1.54) is 38.2 Å². The number of halogens is 1. The van der Waals surface area contributed by atoms with Gasteiger partial charge in [0.2, 0.25) is 0 Å². The molecular formula is C16H26FNO. The van der Waals surface area contributed by atoms with E-state index in [4.69, 9.17) is 0 Å². The van der Waals surface area contributed by atoms with Gasteiger partial charge in [0.15, 0.2) is 0 Å². The lowest BCUT2D eigenvalue weighted by Crippen LogP contribution is -2.19. The van der Waals surface area contributed by atoms with Crippen molar-refractivity contribution in [1.29, 1.82) is 0 Å². The van der Waals surface area contributed by atoms with E-state index in [-0.39, 0.29) is 11.8 Å². The third-order valence-corrected chi connectivity index (χ3v) is 3.44. The summed E-state index contributed by atoms with van der Waals surface area (Å²) in [6, 6.07) is 4.25. The maximum absolute atomic E-state index is 12.9. The lowest BCUT2D eigenvalue weighted by molar-refractivity contribution is 0.444. The molecule has 0 spiro atoms. The van der Waals surface area contributed by atoms with Gasteiger partial charge in [-0.15, -0.1) is 0 Å². The number of hydrogen-bond donors (Lipinski definition) is 2. The molecule has 1 rings (SSSR count). The molecule has 0 heterocycles. The molecule has 0 bridgehead atoms. The maximum atomic E-state index is 12.9. The van der Waals surface area contributed by atoms with Crippen LogP contribution in [-0.2, 0) is 0 Å². The number of hydrogen-bond acceptors (Lipinski definition) is 2. The van der Waals surface area contributed by atoms with E-state index in [0.717, 1.165) is 24.6 Å². The molecule has 0 aliphatic heterocycles. The Kier molecular flexibility index (Phi) is 7.49. The second kappa shape index (κ2) is 8.92. The summed E-state index contributed by atoms with van der Waals surface area (Å²) in [6.45, 7) is 5.15. The molecule has 0 saturated carbocycles. The maximum Gasteiger partial charge on any atom is 0.126 e. The summed E-state index contributed by atoms with van der Waals surface area (Å²) in [7, 11) is 0. The molecule has 3 heteroatoms. The van der Waals surface area contributed by atoms with Crippen LogP contribution in [0.4, 0.5) is 4.39 Å². The third-order valence-electron chi connectivity index (χ3n) is 3.44. The highest BCUT2D eigenvalue weighted by molar-refractivity contribution is 5.34. The number of nitrogens with one attached hydrogen (secondary N) is 1. The van der Waals surface area contributed by atoms with Gasteiger partial charge in [0, 0.05) is 17.7 Å². The standard InChI is InChI=1S/C16H26FNO/c1-3-4-5-6-7-8-11-18-13(2)15-10-9-14(17)12-16(15)19/h9-10,12-13,18-19H,3-8,11H2,1-2H3. The molecule has 0 radical (unpaired) electrons. The molecule has 0 amide bonds. The number of aromatic hydroxyl groups is 1. The van der Waals surface area contributed by atoms with Gasteiger partial charge in [0.1, 0.15) is 11.6 Å². The lowest BCUT2D eigenvalue weighted by Gasteiger charge is -2.15. The quantitative estimate of drug-likeness (QED) is 0.644. The van der Waals surface area contributed by atoms with Crippen LogP contribution in [0.3, 0.4) is 0 Å². The molecule has 2 nitrogen and oxygen atoms in total. The first-order valence-corrected chi connectivity index (χ1v) is 7.37. The molecule has 0 aliphatic carbocycles. The van der Waals surface area contributed by atoms with Crippen molar-refractivity contribution >= 4 is 0 Å². The second-order valence-electron chi connectivity index (χ2n) is 5.15. The highest BCUT2D eigenvalue weighted by atomic mass is 19.1. The van der Waals surface area contributed by atoms with Gasteiger partial charge in [-0.2, -0.15) is 0 Å². The highest BCUT2D eigenvalue weighted by Crippen LogP contribution is 2.24. The normalized spacial score (nSPS) is 12.6. The number of rotatable bonds is 9. The summed E-state index contributed by atoms with van der Waals surface area (Å²) in [4.78, 5) is 0. The molecule has 0 aliphatic rings. The number of unbranched alkanes of at least 4 members (excludes halogenated alkanes) is 5. The zero-order chi connectivity index (χ0) is 14.1.